The molecule has 41 heavy (non-hydrogen) atoms. The van der Waals surface area contributed by atoms with Crippen LogP contribution in [0.4, 0.5) is 0 Å². The number of phenolic OH excluding ortho intramolecular Hbond substituents is 1. The first-order valence-corrected chi connectivity index (χ1v) is 13.9. The van der Waals surface area contributed by atoms with Crippen molar-refractivity contribution in [1.82, 2.24) is 13.9 Å². The fraction of sp³-hybridized carbons (Fsp3) is 0.375. The Balaban J connectivity index is 1.65. The summed E-state index contributed by atoms with van der Waals surface area (Å²) in [5.41, 5.74) is -1.10. The summed E-state index contributed by atoms with van der Waals surface area (Å²) in [7, 11) is 0. The second kappa shape index (κ2) is 9.06. The second-order valence-electron chi connectivity index (χ2n) is 11.6. The van der Waals surface area contributed by atoms with Crippen LogP contribution in [0, 0.1) is 10.8 Å². The van der Waals surface area contributed by atoms with E-state index < -0.39 is 34.2 Å². The molecule has 0 saturated heterocycles. The highest BCUT2D eigenvalue weighted by molar-refractivity contribution is 6.17. The predicted molar refractivity (Wildman–Crippen MR) is 153 cm³/mol. The van der Waals surface area contributed by atoms with Crippen LogP contribution < -0.4 is 16.1 Å². The molecule has 2 aliphatic carbocycles. The lowest BCUT2D eigenvalue weighted by Gasteiger charge is -2.58. The average Bonchev–Trinajstić information content (AvgIpc) is 3.23. The minimum absolute atomic E-state index is 0.102. The second-order valence-corrected chi connectivity index (χ2v) is 11.6. The van der Waals surface area contributed by atoms with Crippen molar-refractivity contribution in [3.05, 3.63) is 97.9 Å². The molecule has 1 aliphatic heterocycles. The number of para-hydroxylation sites is 2. The molecule has 3 aromatic rings. The summed E-state index contributed by atoms with van der Waals surface area (Å²) in [6.45, 7) is 9.18. The number of fused-ring (bicyclic) bond motifs is 4. The lowest BCUT2D eigenvalue weighted by Crippen LogP contribution is -2.61. The summed E-state index contributed by atoms with van der Waals surface area (Å²) in [5.74, 6) is -0.930. The van der Waals surface area contributed by atoms with Crippen LogP contribution >= 0.6 is 0 Å². The first-order valence-electron chi connectivity index (χ1n) is 13.9. The number of aromatic hydroxyl groups is 1. The van der Waals surface area contributed by atoms with Gasteiger partial charge in [0.05, 0.1) is 30.3 Å². The van der Waals surface area contributed by atoms with Gasteiger partial charge in [0.1, 0.15) is 0 Å². The van der Waals surface area contributed by atoms with E-state index in [1.165, 1.54) is 9.36 Å². The van der Waals surface area contributed by atoms with E-state index in [1.54, 1.807) is 70.2 Å². The number of hydrogen-bond acceptors (Lipinski definition) is 6. The SMILES string of the molecule is CCOc1cccc(C2C3=CCn4c(=O)n(-c5ccccc5)c(=O)n4C3CC3(C)C(=O)C(C)=C(C)C(=O)C23C)c1O. The zero-order chi connectivity index (χ0) is 29.4. The molecule has 1 saturated carbocycles. The van der Waals surface area contributed by atoms with Gasteiger partial charge in [-0.3, -0.25) is 9.59 Å². The van der Waals surface area contributed by atoms with Crippen molar-refractivity contribution in [2.45, 2.75) is 59.5 Å². The fourth-order valence-electron chi connectivity index (χ4n) is 7.38. The third kappa shape index (κ3) is 3.35. The van der Waals surface area contributed by atoms with Crippen LogP contribution in [-0.2, 0) is 16.1 Å². The largest absolute Gasteiger partial charge is 0.504 e. The minimum Gasteiger partial charge on any atom is -0.504 e. The van der Waals surface area contributed by atoms with Crippen molar-refractivity contribution in [3.8, 4) is 17.2 Å². The van der Waals surface area contributed by atoms with Crippen molar-refractivity contribution in [2.24, 2.45) is 10.8 Å². The summed E-state index contributed by atoms with van der Waals surface area (Å²) in [6.07, 6.45) is 2.02. The van der Waals surface area contributed by atoms with E-state index in [-0.39, 0.29) is 36.0 Å². The van der Waals surface area contributed by atoms with Crippen LogP contribution in [0.25, 0.3) is 5.69 Å². The Bertz CT molecular complexity index is 1810. The van der Waals surface area contributed by atoms with Crippen LogP contribution in [0.2, 0.25) is 0 Å². The predicted octanol–water partition coefficient (Wildman–Crippen LogP) is 4.07. The highest BCUT2D eigenvalue weighted by atomic mass is 16.5. The van der Waals surface area contributed by atoms with Gasteiger partial charge in [-0.2, -0.15) is 0 Å². The monoisotopic (exact) mass is 555 g/mol. The summed E-state index contributed by atoms with van der Waals surface area (Å²) in [4.78, 5) is 56.0. The van der Waals surface area contributed by atoms with Gasteiger partial charge in [0, 0.05) is 16.9 Å². The molecule has 1 N–H and O–H groups in total. The molecule has 3 aliphatic rings. The number of phenols is 1. The molecule has 6 rings (SSSR count). The summed E-state index contributed by atoms with van der Waals surface area (Å²) >= 11 is 0. The number of carbonyl (C=O) groups excluding carboxylic acids is 2. The molecule has 0 radical (unpaired) electrons. The van der Waals surface area contributed by atoms with Gasteiger partial charge in [-0.25, -0.2) is 23.5 Å². The number of ketones is 2. The van der Waals surface area contributed by atoms with Gasteiger partial charge in [0.25, 0.3) is 0 Å². The summed E-state index contributed by atoms with van der Waals surface area (Å²) in [6, 6.07) is 13.2. The normalized spacial score (nSPS) is 27.2. The molecule has 0 spiro atoms. The Hall–Kier alpha value is -4.40. The van der Waals surface area contributed by atoms with E-state index in [0.717, 1.165) is 10.1 Å². The molecule has 9 nitrogen and oxygen atoms in total. The van der Waals surface area contributed by atoms with Crippen molar-refractivity contribution < 1.29 is 19.4 Å². The fourth-order valence-corrected chi connectivity index (χ4v) is 7.38. The number of carbonyl (C=O) groups is 2. The molecule has 9 heteroatoms. The van der Waals surface area contributed by atoms with Crippen molar-refractivity contribution in [3.63, 3.8) is 0 Å². The van der Waals surface area contributed by atoms with Crippen LogP contribution in [0.1, 0.15) is 58.6 Å². The maximum Gasteiger partial charge on any atom is 0.352 e. The summed E-state index contributed by atoms with van der Waals surface area (Å²) < 4.78 is 9.66. The highest BCUT2D eigenvalue weighted by Crippen LogP contribution is 2.67. The Morgan fingerprint density at radius 1 is 0.927 bits per heavy atom. The molecule has 4 unspecified atom stereocenters. The molecule has 1 fully saturated rings. The standard InChI is InChI=1S/C32H33N3O6/c1-6-41-24-14-10-13-22(26(24)36)25-21-15-16-33-29(39)34(20-11-8-7-9-12-20)30(40)35(33)23(21)17-31(4)27(37)18(2)19(3)28(38)32(25,31)5/h7-15,23,25,36H,6,16-17H2,1-5H3. The zero-order valence-corrected chi connectivity index (χ0v) is 23.8. The number of hydrogen-bond donors (Lipinski definition) is 1. The van der Waals surface area contributed by atoms with Gasteiger partial charge >= 0.3 is 11.4 Å². The maximum atomic E-state index is 14.3. The summed E-state index contributed by atoms with van der Waals surface area (Å²) in [5, 5.41) is 11.5. The minimum atomic E-state index is -1.27. The van der Waals surface area contributed by atoms with Gasteiger partial charge in [-0.1, -0.05) is 50.3 Å². The molecule has 1 aromatic heterocycles. The first kappa shape index (κ1) is 26.8. The van der Waals surface area contributed by atoms with Gasteiger partial charge in [-0.05, 0) is 62.1 Å². The van der Waals surface area contributed by atoms with E-state index in [4.69, 9.17) is 4.74 Å². The number of ether oxygens (including phenoxy) is 1. The van der Waals surface area contributed by atoms with E-state index in [9.17, 15) is 24.3 Å². The van der Waals surface area contributed by atoms with E-state index in [1.807, 2.05) is 19.1 Å². The van der Waals surface area contributed by atoms with Gasteiger partial charge in [-0.15, -0.1) is 0 Å². The molecule has 212 valence electrons. The zero-order valence-electron chi connectivity index (χ0n) is 23.8. The van der Waals surface area contributed by atoms with Gasteiger partial charge < -0.3 is 9.84 Å². The average molecular weight is 556 g/mol. The maximum absolute atomic E-state index is 14.3. The quantitative estimate of drug-likeness (QED) is 0.486. The molecular formula is C32H33N3O6. The number of Topliss-reactive ketones (excluding diaryl/α,β-unsaturated/α-hetero) is 2. The number of benzene rings is 2. The Kier molecular flexibility index (Phi) is 5.92. The van der Waals surface area contributed by atoms with Gasteiger partial charge in [0.15, 0.2) is 23.1 Å². The van der Waals surface area contributed by atoms with Crippen LogP contribution in [-0.4, -0.2) is 37.2 Å². The van der Waals surface area contributed by atoms with Gasteiger partial charge in [0.2, 0.25) is 0 Å². The van der Waals surface area contributed by atoms with Crippen LogP contribution in [0.3, 0.4) is 0 Å². The smallest absolute Gasteiger partial charge is 0.352 e. The molecular weight excluding hydrogens is 522 g/mol. The number of allylic oxidation sites excluding steroid dienone is 4. The Morgan fingerprint density at radius 3 is 2.29 bits per heavy atom. The van der Waals surface area contributed by atoms with Crippen LogP contribution in [0.15, 0.2) is 80.9 Å². The van der Waals surface area contributed by atoms with E-state index >= 15 is 0 Å². The molecule has 4 atom stereocenters. The van der Waals surface area contributed by atoms with Crippen molar-refractivity contribution in [2.75, 3.05) is 6.61 Å². The lowest BCUT2D eigenvalue weighted by molar-refractivity contribution is -0.151. The molecule has 2 heterocycles. The number of aromatic nitrogens is 3. The molecule has 0 bridgehead atoms. The topological polar surface area (TPSA) is 113 Å². The molecule has 2 aromatic carbocycles. The third-order valence-electron chi connectivity index (χ3n) is 9.77. The third-order valence-corrected chi connectivity index (χ3v) is 9.77. The number of rotatable bonds is 4. The van der Waals surface area contributed by atoms with E-state index in [2.05, 4.69) is 0 Å². The van der Waals surface area contributed by atoms with Crippen LogP contribution in [0.5, 0.6) is 11.5 Å². The molecule has 0 amide bonds. The Labute approximate surface area is 237 Å². The van der Waals surface area contributed by atoms with Crippen molar-refractivity contribution >= 4 is 11.6 Å². The highest BCUT2D eigenvalue weighted by Gasteiger charge is 2.67. The van der Waals surface area contributed by atoms with E-state index in [0.29, 0.717) is 29.0 Å². The first-order chi connectivity index (χ1) is 19.5. The number of nitrogens with zero attached hydrogens (tertiary/aromatic N) is 3. The van der Waals surface area contributed by atoms with Crippen molar-refractivity contribution in [1.29, 1.82) is 0 Å². The Morgan fingerprint density at radius 2 is 1.61 bits per heavy atom. The lowest BCUT2D eigenvalue weighted by atomic mass is 9.43.